The zero-order valence-electron chi connectivity index (χ0n) is 9.84. The molecule has 0 aromatic heterocycles. The average molecular weight is 325 g/mol. The van der Waals surface area contributed by atoms with Gasteiger partial charge in [-0.3, -0.25) is 0 Å². The zero-order chi connectivity index (χ0) is 13.7. The van der Waals surface area contributed by atoms with Crippen LogP contribution in [0.15, 0.2) is 0 Å². The maximum atomic E-state index is 9.87. The minimum absolute atomic E-state index is 0.0972. The van der Waals surface area contributed by atoms with Crippen LogP contribution >= 0.6 is 7.81 Å². The molecule has 0 aromatic carbocycles. The number of hydrogen-bond acceptors (Lipinski definition) is 0. The van der Waals surface area contributed by atoms with Crippen molar-refractivity contribution in [3.05, 3.63) is 0 Å². The van der Waals surface area contributed by atoms with Gasteiger partial charge in [-0.1, -0.05) is 0 Å². The SMILES string of the molecule is C[CH2][Cu]([CH2]C)([CH2]C)[CH2]C.F[P-](F)(F)(F)(F)F. The quantitative estimate of drug-likeness (QED) is 0.289. The molecule has 0 amide bonds. The van der Waals surface area contributed by atoms with E-state index in [2.05, 4.69) is 27.7 Å². The van der Waals surface area contributed by atoms with E-state index in [4.69, 9.17) is 0 Å². The summed E-state index contributed by atoms with van der Waals surface area (Å²) in [6.07, 6.45) is 0. The van der Waals surface area contributed by atoms with Crippen molar-refractivity contribution in [2.45, 2.75) is 49.0 Å². The van der Waals surface area contributed by atoms with E-state index in [1.165, 1.54) is 21.3 Å². The molecule has 0 aliphatic heterocycles. The van der Waals surface area contributed by atoms with Crippen LogP contribution in [-0.2, 0) is 12.8 Å². The molecule has 0 atom stereocenters. The zero-order valence-corrected chi connectivity index (χ0v) is 11.7. The molecule has 0 bridgehead atoms. The second-order valence-electron chi connectivity index (χ2n) is 2.72. The Balaban J connectivity index is 0. The van der Waals surface area contributed by atoms with Crippen LogP contribution in [-0.4, -0.2) is 0 Å². The minimum atomic E-state index is -10.7. The van der Waals surface area contributed by atoms with Crippen LogP contribution in [0.1, 0.15) is 27.7 Å². The number of halogens is 6. The Morgan fingerprint density at radius 1 is 0.625 bits per heavy atom. The van der Waals surface area contributed by atoms with E-state index in [0.717, 1.165) is 0 Å². The predicted molar refractivity (Wildman–Crippen MR) is 55.5 cm³/mol. The van der Waals surface area contributed by atoms with Crippen LogP contribution in [0.25, 0.3) is 0 Å². The molecule has 16 heavy (non-hydrogen) atoms. The summed E-state index contributed by atoms with van der Waals surface area (Å²) in [7, 11) is -10.7. The molecule has 0 unspecified atom stereocenters. The summed E-state index contributed by atoms with van der Waals surface area (Å²) in [6, 6.07) is 0. The summed E-state index contributed by atoms with van der Waals surface area (Å²) >= 11 is -0.0972. The fourth-order valence-corrected chi connectivity index (χ4v) is 3.73. The van der Waals surface area contributed by atoms with E-state index in [1.54, 1.807) is 0 Å². The van der Waals surface area contributed by atoms with Crippen LogP contribution in [0, 0.1) is 0 Å². The van der Waals surface area contributed by atoms with E-state index in [0.29, 0.717) is 0 Å². The fourth-order valence-electron chi connectivity index (χ4n) is 0.905. The Bertz CT molecular complexity index is 175. The normalized spacial score (nSPS) is 17.9. The fraction of sp³-hybridized carbons (Fsp3) is 1.00. The molecule has 0 spiro atoms. The van der Waals surface area contributed by atoms with Crippen LogP contribution in [0.4, 0.5) is 25.2 Å². The molecule has 8 heteroatoms. The van der Waals surface area contributed by atoms with Gasteiger partial charge in [0.15, 0.2) is 0 Å². The van der Waals surface area contributed by atoms with E-state index in [9.17, 15) is 25.2 Å². The molecule has 0 N–H and O–H groups in total. The second-order valence-corrected chi connectivity index (χ2v) is 10.1. The van der Waals surface area contributed by atoms with Crippen molar-refractivity contribution in [3.8, 4) is 0 Å². The molecule has 0 nitrogen and oxygen atoms in total. The van der Waals surface area contributed by atoms with Gasteiger partial charge in [0.1, 0.15) is 0 Å². The third-order valence-corrected chi connectivity index (χ3v) is 7.46. The Morgan fingerprint density at radius 2 is 0.750 bits per heavy atom. The van der Waals surface area contributed by atoms with Crippen LogP contribution in [0.3, 0.4) is 0 Å². The van der Waals surface area contributed by atoms with Crippen molar-refractivity contribution in [1.29, 1.82) is 0 Å². The molecule has 0 aliphatic carbocycles. The summed E-state index contributed by atoms with van der Waals surface area (Å²) in [4.78, 5) is 0. The number of hydrogen-bond donors (Lipinski definition) is 0. The number of rotatable bonds is 4. The first-order chi connectivity index (χ1) is 6.69. The molecule has 111 valence electrons. The Morgan fingerprint density at radius 3 is 0.750 bits per heavy atom. The van der Waals surface area contributed by atoms with Gasteiger partial charge in [-0.05, 0) is 0 Å². The van der Waals surface area contributed by atoms with E-state index < -0.39 is 7.81 Å². The Kier molecular flexibility index (Phi) is 5.94. The van der Waals surface area contributed by atoms with E-state index in [-0.39, 0.29) is 12.8 Å². The van der Waals surface area contributed by atoms with Gasteiger partial charge < -0.3 is 0 Å². The average Bonchev–Trinajstić information content (AvgIpc) is 2.04. The summed E-state index contributed by atoms with van der Waals surface area (Å²) in [5.74, 6) is 0. The standard InChI is InChI=1S/4C2H5.Cu.F6P/c4*1-2;;1-7(2,3,4,5)6/h4*1H2,2H3;;/q;;;;;-1. The first-order valence-corrected chi connectivity index (χ1v) is 9.39. The Hall–Kier alpha value is 0.529. The molecule has 0 saturated carbocycles. The molecule has 0 aromatic rings. The predicted octanol–water partition coefficient (Wildman–Crippen LogP) is 7.28. The summed E-state index contributed by atoms with van der Waals surface area (Å²) < 4.78 is 59.2. The molecule has 0 saturated heterocycles. The van der Waals surface area contributed by atoms with Gasteiger partial charge in [0.2, 0.25) is 0 Å². The van der Waals surface area contributed by atoms with Gasteiger partial charge >= 0.3 is 94.8 Å². The van der Waals surface area contributed by atoms with Crippen LogP contribution < -0.4 is 0 Å². The first-order valence-electron chi connectivity index (χ1n) is 4.70. The summed E-state index contributed by atoms with van der Waals surface area (Å²) in [5.41, 5.74) is 0. The molecular weight excluding hydrogens is 305 g/mol. The van der Waals surface area contributed by atoms with Crippen molar-refractivity contribution in [2.24, 2.45) is 0 Å². The van der Waals surface area contributed by atoms with E-state index in [1.807, 2.05) is 0 Å². The van der Waals surface area contributed by atoms with Crippen molar-refractivity contribution in [2.75, 3.05) is 0 Å². The molecule has 0 heterocycles. The topological polar surface area (TPSA) is 0 Å². The van der Waals surface area contributed by atoms with Gasteiger partial charge in [-0.15, -0.1) is 0 Å². The van der Waals surface area contributed by atoms with Crippen molar-refractivity contribution < 1.29 is 38.0 Å². The van der Waals surface area contributed by atoms with Gasteiger partial charge in [0, 0.05) is 0 Å². The first kappa shape index (κ1) is 18.9. The van der Waals surface area contributed by atoms with Crippen LogP contribution in [0.2, 0.25) is 21.3 Å². The van der Waals surface area contributed by atoms with E-state index >= 15 is 0 Å². The van der Waals surface area contributed by atoms with Crippen molar-refractivity contribution in [1.82, 2.24) is 0 Å². The van der Waals surface area contributed by atoms with Gasteiger partial charge in [-0.25, -0.2) is 0 Å². The van der Waals surface area contributed by atoms with Gasteiger partial charge in [0.25, 0.3) is 0 Å². The van der Waals surface area contributed by atoms with Crippen molar-refractivity contribution in [3.63, 3.8) is 0 Å². The molecule has 0 aliphatic rings. The molecule has 0 rings (SSSR count). The molecule has 0 radical (unpaired) electrons. The second kappa shape index (κ2) is 5.03. The molecular formula is C8H20CuF6P-. The Labute approximate surface area is 95.3 Å². The third-order valence-electron chi connectivity index (χ3n) is 1.81. The maximum absolute atomic E-state index is 10.7. The summed E-state index contributed by atoms with van der Waals surface area (Å²) in [5, 5.41) is 5.69. The molecule has 0 fully saturated rings. The van der Waals surface area contributed by atoms with Crippen molar-refractivity contribution >= 4 is 7.81 Å². The summed E-state index contributed by atoms with van der Waals surface area (Å²) in [6.45, 7) is 9.35. The third kappa shape index (κ3) is 16.9. The van der Waals surface area contributed by atoms with Gasteiger partial charge in [0.05, 0.1) is 0 Å². The monoisotopic (exact) mass is 324 g/mol. The van der Waals surface area contributed by atoms with Gasteiger partial charge in [-0.2, -0.15) is 0 Å². The van der Waals surface area contributed by atoms with Crippen LogP contribution in [0.5, 0.6) is 0 Å².